The molecule has 0 rings (SSSR count). The molecule has 0 spiro atoms. The maximum absolute atomic E-state index is 12.8. The summed E-state index contributed by atoms with van der Waals surface area (Å²) in [6.07, 6.45) is 56.3. The quantitative estimate of drug-likeness (QED) is 0.0262. The molecule has 0 saturated heterocycles. The molecule has 0 heterocycles. The van der Waals surface area contributed by atoms with Gasteiger partial charge < -0.3 is 14.2 Å². The van der Waals surface area contributed by atoms with Gasteiger partial charge in [-0.25, -0.2) is 0 Å². The molecule has 0 aromatic carbocycles. The van der Waals surface area contributed by atoms with Crippen LogP contribution in [0, 0.1) is 0 Å². The molecular weight excluding hydrogens is 757 g/mol. The van der Waals surface area contributed by atoms with Crippen molar-refractivity contribution in [1.29, 1.82) is 0 Å². The fourth-order valence-corrected chi connectivity index (χ4v) is 8.14. The Labute approximate surface area is 380 Å². The molecule has 0 aromatic heterocycles. The van der Waals surface area contributed by atoms with Crippen LogP contribution < -0.4 is 0 Å². The van der Waals surface area contributed by atoms with Crippen LogP contribution in [0.15, 0.2) is 12.2 Å². The van der Waals surface area contributed by atoms with Gasteiger partial charge in [-0.15, -0.1) is 0 Å². The van der Waals surface area contributed by atoms with E-state index in [2.05, 4.69) is 32.9 Å². The predicted octanol–water partition coefficient (Wildman–Crippen LogP) is 17.8. The molecule has 0 aliphatic rings. The molecule has 0 bridgehead atoms. The maximum atomic E-state index is 12.8. The lowest BCUT2D eigenvalue weighted by Gasteiger charge is -2.18. The summed E-state index contributed by atoms with van der Waals surface area (Å²) >= 11 is 0. The second-order valence-electron chi connectivity index (χ2n) is 18.5. The van der Waals surface area contributed by atoms with Crippen molar-refractivity contribution in [2.24, 2.45) is 0 Å². The highest BCUT2D eigenvalue weighted by atomic mass is 16.6. The maximum Gasteiger partial charge on any atom is 0.306 e. The number of carbonyl (C=O) groups excluding carboxylic acids is 3. The van der Waals surface area contributed by atoms with Gasteiger partial charge in [0.05, 0.1) is 0 Å². The fourth-order valence-electron chi connectivity index (χ4n) is 8.14. The molecule has 0 fully saturated rings. The lowest BCUT2D eigenvalue weighted by Crippen LogP contribution is -2.30. The molecule has 0 amide bonds. The average Bonchev–Trinajstić information content (AvgIpc) is 3.26. The Morgan fingerprint density at radius 1 is 0.311 bits per heavy atom. The number of esters is 3. The Bertz CT molecular complexity index is 947. The van der Waals surface area contributed by atoms with Gasteiger partial charge in [-0.05, 0) is 44.9 Å². The van der Waals surface area contributed by atoms with E-state index in [1.165, 1.54) is 193 Å². The van der Waals surface area contributed by atoms with Gasteiger partial charge in [-0.2, -0.15) is 0 Å². The van der Waals surface area contributed by atoms with Crippen molar-refractivity contribution in [2.45, 2.75) is 309 Å². The topological polar surface area (TPSA) is 78.9 Å². The van der Waals surface area contributed by atoms with Crippen molar-refractivity contribution < 1.29 is 28.6 Å². The molecule has 0 N–H and O–H groups in total. The zero-order chi connectivity index (χ0) is 44.4. The molecule has 0 aliphatic carbocycles. The minimum Gasteiger partial charge on any atom is -0.462 e. The Morgan fingerprint density at radius 3 is 0.836 bits per heavy atom. The number of carbonyl (C=O) groups is 3. The van der Waals surface area contributed by atoms with Crippen LogP contribution in [-0.4, -0.2) is 37.2 Å². The standard InChI is InChI=1S/C55H104O6/c1-4-7-10-13-16-19-22-24-26-27-28-29-31-33-36-39-42-45-48-54(57)60-51-52(50-59-53(56)47-44-41-38-35-32-21-18-15-12-9-6-3)61-55(58)49-46-43-40-37-34-30-25-23-20-17-14-11-8-5-2/h30,34,52H,4-29,31-33,35-51H2,1-3H3/b34-30-. The van der Waals surface area contributed by atoms with E-state index < -0.39 is 6.10 Å². The van der Waals surface area contributed by atoms with Crippen molar-refractivity contribution in [3.8, 4) is 0 Å². The third-order valence-corrected chi connectivity index (χ3v) is 12.3. The molecule has 0 radical (unpaired) electrons. The van der Waals surface area contributed by atoms with Crippen molar-refractivity contribution >= 4 is 17.9 Å². The van der Waals surface area contributed by atoms with Gasteiger partial charge in [-0.3, -0.25) is 14.4 Å². The van der Waals surface area contributed by atoms with E-state index in [0.717, 1.165) is 70.6 Å². The minimum atomic E-state index is -0.771. The van der Waals surface area contributed by atoms with E-state index in [0.29, 0.717) is 19.3 Å². The summed E-state index contributed by atoms with van der Waals surface area (Å²) in [7, 11) is 0. The van der Waals surface area contributed by atoms with Gasteiger partial charge in [0.15, 0.2) is 6.10 Å². The van der Waals surface area contributed by atoms with Crippen molar-refractivity contribution in [2.75, 3.05) is 13.2 Å². The Morgan fingerprint density at radius 2 is 0.541 bits per heavy atom. The first-order chi connectivity index (χ1) is 30.0. The SMILES string of the molecule is CCCCCCCCC/C=C\CCCCCC(=O)OC(COC(=O)CCCCCCCCCCCCC)COC(=O)CCCCCCCCCCCCCCCCCCCC. The highest BCUT2D eigenvalue weighted by molar-refractivity contribution is 5.71. The number of ether oxygens (including phenoxy) is 3. The lowest BCUT2D eigenvalue weighted by molar-refractivity contribution is -0.167. The summed E-state index contributed by atoms with van der Waals surface area (Å²) in [4.78, 5) is 38.0. The van der Waals surface area contributed by atoms with Gasteiger partial charge in [-0.1, -0.05) is 251 Å². The van der Waals surface area contributed by atoms with E-state index in [1.54, 1.807) is 0 Å². The molecule has 1 unspecified atom stereocenters. The highest BCUT2D eigenvalue weighted by Gasteiger charge is 2.19. The highest BCUT2D eigenvalue weighted by Crippen LogP contribution is 2.17. The normalized spacial score (nSPS) is 12.0. The first-order valence-corrected chi connectivity index (χ1v) is 27.2. The molecule has 6 nitrogen and oxygen atoms in total. The van der Waals surface area contributed by atoms with Crippen LogP contribution in [0.1, 0.15) is 303 Å². The summed E-state index contributed by atoms with van der Waals surface area (Å²) < 4.78 is 16.8. The number of rotatable bonds is 50. The number of unbranched alkanes of at least 4 members (excludes halogenated alkanes) is 37. The summed E-state index contributed by atoms with van der Waals surface area (Å²) in [5, 5.41) is 0. The first kappa shape index (κ1) is 59.1. The van der Waals surface area contributed by atoms with Crippen LogP contribution >= 0.6 is 0 Å². The fraction of sp³-hybridized carbons (Fsp3) is 0.909. The van der Waals surface area contributed by atoms with Crippen LogP contribution in [0.25, 0.3) is 0 Å². The van der Waals surface area contributed by atoms with Crippen LogP contribution in [0.5, 0.6) is 0 Å². The van der Waals surface area contributed by atoms with Crippen LogP contribution in [0.4, 0.5) is 0 Å². The third kappa shape index (κ3) is 49.0. The van der Waals surface area contributed by atoms with Gasteiger partial charge in [0, 0.05) is 19.3 Å². The Balaban J connectivity index is 4.29. The second kappa shape index (κ2) is 50.8. The van der Waals surface area contributed by atoms with E-state index in [-0.39, 0.29) is 31.1 Å². The summed E-state index contributed by atoms with van der Waals surface area (Å²) in [6.45, 7) is 6.66. The van der Waals surface area contributed by atoms with Gasteiger partial charge in [0.1, 0.15) is 13.2 Å². The van der Waals surface area contributed by atoms with E-state index in [1.807, 2.05) is 0 Å². The van der Waals surface area contributed by atoms with E-state index >= 15 is 0 Å². The molecule has 360 valence electrons. The van der Waals surface area contributed by atoms with Crippen molar-refractivity contribution in [1.82, 2.24) is 0 Å². The average molecular weight is 861 g/mol. The van der Waals surface area contributed by atoms with E-state index in [4.69, 9.17) is 14.2 Å². The number of hydrogen-bond acceptors (Lipinski definition) is 6. The largest absolute Gasteiger partial charge is 0.462 e. The molecule has 0 aromatic rings. The van der Waals surface area contributed by atoms with Gasteiger partial charge in [0.2, 0.25) is 0 Å². The minimum absolute atomic E-state index is 0.0706. The first-order valence-electron chi connectivity index (χ1n) is 27.2. The zero-order valence-corrected chi connectivity index (χ0v) is 41.2. The Kier molecular flexibility index (Phi) is 49.3. The molecule has 0 aliphatic heterocycles. The Hall–Kier alpha value is -1.85. The van der Waals surface area contributed by atoms with E-state index in [9.17, 15) is 14.4 Å². The van der Waals surface area contributed by atoms with Crippen molar-refractivity contribution in [3.63, 3.8) is 0 Å². The van der Waals surface area contributed by atoms with Crippen LogP contribution in [0.2, 0.25) is 0 Å². The summed E-state index contributed by atoms with van der Waals surface area (Å²) in [6, 6.07) is 0. The summed E-state index contributed by atoms with van der Waals surface area (Å²) in [5.74, 6) is -0.868. The van der Waals surface area contributed by atoms with Gasteiger partial charge in [0.25, 0.3) is 0 Å². The van der Waals surface area contributed by atoms with Crippen molar-refractivity contribution in [3.05, 3.63) is 12.2 Å². The smallest absolute Gasteiger partial charge is 0.306 e. The molecule has 6 heteroatoms. The van der Waals surface area contributed by atoms with Gasteiger partial charge >= 0.3 is 17.9 Å². The van der Waals surface area contributed by atoms with Crippen LogP contribution in [0.3, 0.4) is 0 Å². The second-order valence-corrected chi connectivity index (χ2v) is 18.5. The molecule has 1 atom stereocenters. The molecular formula is C55H104O6. The zero-order valence-electron chi connectivity index (χ0n) is 41.2. The monoisotopic (exact) mass is 861 g/mol. The molecule has 61 heavy (non-hydrogen) atoms. The third-order valence-electron chi connectivity index (χ3n) is 12.3. The number of allylic oxidation sites excluding steroid dienone is 2. The van der Waals surface area contributed by atoms with Crippen LogP contribution in [-0.2, 0) is 28.6 Å². The summed E-state index contributed by atoms with van der Waals surface area (Å²) in [5.41, 5.74) is 0. The molecule has 0 saturated carbocycles. The predicted molar refractivity (Wildman–Crippen MR) is 261 cm³/mol. The lowest BCUT2D eigenvalue weighted by atomic mass is 10.0. The number of hydrogen-bond donors (Lipinski definition) is 0.